The van der Waals surface area contributed by atoms with Crippen molar-refractivity contribution in [2.75, 3.05) is 0 Å². The highest BCUT2D eigenvalue weighted by molar-refractivity contribution is 7.60. The average molecular weight is 268 g/mol. The van der Waals surface area contributed by atoms with E-state index in [0.717, 1.165) is 0 Å². The summed E-state index contributed by atoms with van der Waals surface area (Å²) in [4.78, 5) is 29.8. The Balaban J connectivity index is 2.30. The van der Waals surface area contributed by atoms with Gasteiger partial charge >= 0.3 is 13.6 Å². The Morgan fingerprint density at radius 3 is 2.50 bits per heavy atom. The first-order valence-corrected chi connectivity index (χ1v) is 6.50. The molecule has 1 aromatic carbocycles. The number of hydrogen-bond donors (Lipinski definition) is 2. The third-order valence-electron chi connectivity index (χ3n) is 2.10. The molecule has 0 radical (unpaired) electrons. The highest BCUT2D eigenvalue weighted by atomic mass is 31.2. The summed E-state index contributed by atoms with van der Waals surface area (Å²) in [5.74, 6) is -1.05. The molecule has 2 N–H and O–H groups in total. The number of ether oxygens (including phenoxy) is 1. The number of furan rings is 1. The lowest BCUT2D eigenvalue weighted by atomic mass is 10.3. The van der Waals surface area contributed by atoms with Crippen molar-refractivity contribution < 1.29 is 28.3 Å². The van der Waals surface area contributed by atoms with Crippen LogP contribution in [-0.4, -0.2) is 15.8 Å². The van der Waals surface area contributed by atoms with E-state index < -0.39 is 13.6 Å². The Bertz CT molecular complexity index is 598. The monoisotopic (exact) mass is 268 g/mol. The Morgan fingerprint density at radius 2 is 1.89 bits per heavy atom. The fourth-order valence-corrected chi connectivity index (χ4v) is 2.02. The van der Waals surface area contributed by atoms with E-state index in [0.29, 0.717) is 0 Å². The van der Waals surface area contributed by atoms with Crippen molar-refractivity contribution in [2.24, 2.45) is 0 Å². The van der Waals surface area contributed by atoms with Crippen molar-refractivity contribution in [1.82, 2.24) is 0 Å². The molecule has 0 aliphatic heterocycles. The van der Waals surface area contributed by atoms with Crippen LogP contribution >= 0.6 is 7.60 Å². The standard InChI is InChI=1S/C11H9O6P/c12-11(9-5-3-7-16-9)17-8-4-1-2-6-10(8)18(13,14)15/h1-7H,(H2,13,14,15). The first kappa shape index (κ1) is 12.6. The molecule has 18 heavy (non-hydrogen) atoms. The van der Waals surface area contributed by atoms with E-state index in [1.807, 2.05) is 0 Å². The van der Waals surface area contributed by atoms with Gasteiger partial charge in [-0.2, -0.15) is 0 Å². The van der Waals surface area contributed by atoms with E-state index in [1.54, 1.807) is 0 Å². The molecule has 2 aromatic rings. The van der Waals surface area contributed by atoms with Gasteiger partial charge in [0, 0.05) is 0 Å². The van der Waals surface area contributed by atoms with Gasteiger partial charge in [0.1, 0.15) is 11.1 Å². The molecule has 0 aliphatic carbocycles. The molecule has 6 nitrogen and oxygen atoms in total. The molecule has 0 fully saturated rings. The van der Waals surface area contributed by atoms with E-state index in [1.165, 1.54) is 42.7 Å². The maximum atomic E-state index is 11.6. The van der Waals surface area contributed by atoms with Crippen LogP contribution in [0, 0.1) is 0 Å². The lowest BCUT2D eigenvalue weighted by molar-refractivity contribution is 0.0703. The molecule has 0 spiro atoms. The van der Waals surface area contributed by atoms with E-state index in [4.69, 9.17) is 18.9 Å². The van der Waals surface area contributed by atoms with Crippen LogP contribution in [0.1, 0.15) is 10.6 Å². The Kier molecular flexibility index (Phi) is 3.34. The number of carbonyl (C=O) groups excluding carboxylic acids is 1. The molecule has 94 valence electrons. The molecule has 0 amide bonds. The average Bonchev–Trinajstić information content (AvgIpc) is 2.81. The van der Waals surface area contributed by atoms with E-state index in [9.17, 15) is 9.36 Å². The largest absolute Gasteiger partial charge is 0.457 e. The Morgan fingerprint density at radius 1 is 1.17 bits per heavy atom. The van der Waals surface area contributed by atoms with Crippen molar-refractivity contribution in [3.05, 3.63) is 48.4 Å². The first-order chi connectivity index (χ1) is 8.48. The topological polar surface area (TPSA) is 97.0 Å². The number of esters is 1. The van der Waals surface area contributed by atoms with Crippen LogP contribution in [0.2, 0.25) is 0 Å². The van der Waals surface area contributed by atoms with Gasteiger partial charge in [-0.05, 0) is 24.3 Å². The van der Waals surface area contributed by atoms with Gasteiger partial charge < -0.3 is 18.9 Å². The quantitative estimate of drug-likeness (QED) is 0.494. The molecule has 0 unspecified atom stereocenters. The van der Waals surface area contributed by atoms with Crippen LogP contribution in [-0.2, 0) is 4.57 Å². The van der Waals surface area contributed by atoms with Crippen molar-refractivity contribution in [3.8, 4) is 5.75 Å². The molecule has 7 heteroatoms. The lowest BCUT2D eigenvalue weighted by Crippen LogP contribution is -2.15. The summed E-state index contributed by atoms with van der Waals surface area (Å²) in [7, 11) is -4.50. The van der Waals surface area contributed by atoms with Crippen molar-refractivity contribution in [2.45, 2.75) is 0 Å². The second-order valence-electron chi connectivity index (χ2n) is 3.38. The van der Waals surface area contributed by atoms with Crippen LogP contribution in [0.3, 0.4) is 0 Å². The normalized spacial score (nSPS) is 11.2. The van der Waals surface area contributed by atoms with Crippen molar-refractivity contribution >= 4 is 18.9 Å². The Labute approximate surface area is 102 Å². The summed E-state index contributed by atoms with van der Waals surface area (Å²) >= 11 is 0. The SMILES string of the molecule is O=C(Oc1ccccc1P(=O)(O)O)c1ccco1. The van der Waals surface area contributed by atoms with Gasteiger partial charge in [0.2, 0.25) is 5.76 Å². The molecule has 0 saturated heterocycles. The molecule has 1 aromatic heterocycles. The number of para-hydroxylation sites is 1. The molecule has 1 heterocycles. The maximum absolute atomic E-state index is 11.6. The zero-order chi connectivity index (χ0) is 13.2. The van der Waals surface area contributed by atoms with Crippen LogP contribution in [0.25, 0.3) is 0 Å². The maximum Gasteiger partial charge on any atom is 0.379 e. The third-order valence-corrected chi connectivity index (χ3v) is 3.10. The second kappa shape index (κ2) is 4.78. The van der Waals surface area contributed by atoms with Gasteiger partial charge in [-0.3, -0.25) is 4.57 Å². The van der Waals surface area contributed by atoms with Gasteiger partial charge in [0.25, 0.3) is 0 Å². The van der Waals surface area contributed by atoms with E-state index >= 15 is 0 Å². The van der Waals surface area contributed by atoms with Crippen molar-refractivity contribution in [1.29, 1.82) is 0 Å². The van der Waals surface area contributed by atoms with E-state index in [2.05, 4.69) is 0 Å². The fraction of sp³-hybridized carbons (Fsp3) is 0. The number of benzene rings is 1. The zero-order valence-electron chi connectivity index (χ0n) is 9.02. The van der Waals surface area contributed by atoms with Gasteiger partial charge in [0.05, 0.1) is 6.26 Å². The lowest BCUT2D eigenvalue weighted by Gasteiger charge is -2.09. The molecule has 0 aliphatic rings. The minimum absolute atomic E-state index is 0.0458. The first-order valence-electron chi connectivity index (χ1n) is 4.89. The van der Waals surface area contributed by atoms with Crippen molar-refractivity contribution in [3.63, 3.8) is 0 Å². The van der Waals surface area contributed by atoms with Gasteiger partial charge in [-0.25, -0.2) is 4.79 Å². The number of rotatable bonds is 3. The summed E-state index contributed by atoms with van der Waals surface area (Å²) in [6.45, 7) is 0. The second-order valence-corrected chi connectivity index (χ2v) is 4.95. The predicted octanol–water partition coefficient (Wildman–Crippen LogP) is 1.30. The molecule has 2 rings (SSSR count). The van der Waals surface area contributed by atoms with Crippen LogP contribution in [0.15, 0.2) is 47.1 Å². The third kappa shape index (κ3) is 2.68. The molecule has 0 saturated carbocycles. The number of carbonyl (C=O) groups is 1. The fourth-order valence-electron chi connectivity index (χ4n) is 1.33. The minimum atomic E-state index is -4.50. The molecule has 0 atom stereocenters. The number of hydrogen-bond acceptors (Lipinski definition) is 4. The predicted molar refractivity (Wildman–Crippen MR) is 61.8 cm³/mol. The van der Waals surface area contributed by atoms with Gasteiger partial charge in [-0.1, -0.05) is 12.1 Å². The summed E-state index contributed by atoms with van der Waals surface area (Å²) < 4.78 is 20.9. The van der Waals surface area contributed by atoms with Crippen LogP contribution in [0.5, 0.6) is 5.75 Å². The molecular formula is C11H9O6P. The van der Waals surface area contributed by atoms with E-state index in [-0.39, 0.29) is 16.8 Å². The van der Waals surface area contributed by atoms with Crippen LogP contribution in [0.4, 0.5) is 0 Å². The summed E-state index contributed by atoms with van der Waals surface area (Å²) in [5, 5.41) is -0.343. The summed E-state index contributed by atoms with van der Waals surface area (Å²) in [6, 6.07) is 8.34. The highest BCUT2D eigenvalue weighted by Crippen LogP contribution is 2.37. The molecular weight excluding hydrogens is 259 g/mol. The highest BCUT2D eigenvalue weighted by Gasteiger charge is 2.24. The zero-order valence-corrected chi connectivity index (χ0v) is 9.91. The smallest absolute Gasteiger partial charge is 0.379 e. The molecule has 0 bridgehead atoms. The summed E-state index contributed by atoms with van der Waals surface area (Å²) in [6.07, 6.45) is 1.30. The minimum Gasteiger partial charge on any atom is -0.457 e. The Hall–Kier alpha value is -1.88. The summed E-state index contributed by atoms with van der Waals surface area (Å²) in [5.41, 5.74) is 0. The van der Waals surface area contributed by atoms with Crippen LogP contribution < -0.4 is 10.0 Å². The van der Waals surface area contributed by atoms with Gasteiger partial charge in [-0.15, -0.1) is 0 Å². The van der Waals surface area contributed by atoms with Gasteiger partial charge in [0.15, 0.2) is 0 Å².